The minimum atomic E-state index is -2.75. The van der Waals surface area contributed by atoms with E-state index in [0.29, 0.717) is 4.90 Å². The molecule has 1 N–H and O–H groups in total. The highest BCUT2D eigenvalue weighted by Crippen LogP contribution is 2.16. The van der Waals surface area contributed by atoms with Crippen molar-refractivity contribution in [1.29, 1.82) is 0 Å². The first-order valence-corrected chi connectivity index (χ1v) is 5.47. The van der Waals surface area contributed by atoms with Crippen LogP contribution in [0.2, 0.25) is 5.02 Å². The van der Waals surface area contributed by atoms with Crippen LogP contribution in [0.25, 0.3) is 0 Å². The number of hydrogen-bond donors (Lipinski definition) is 1. The predicted octanol–water partition coefficient (Wildman–Crippen LogP) is 2.18. The second-order valence-electron chi connectivity index (χ2n) is 3.49. The van der Waals surface area contributed by atoms with Crippen LogP contribution < -0.4 is 0 Å². The van der Waals surface area contributed by atoms with Gasteiger partial charge in [-0.2, -0.15) is 0 Å². The monoisotopic (exact) mass is 281 g/mol. The van der Waals surface area contributed by atoms with Gasteiger partial charge in [-0.1, -0.05) is 11.6 Å². The van der Waals surface area contributed by atoms with Crippen molar-refractivity contribution in [3.8, 4) is 0 Å². The molecule has 18 heavy (non-hydrogen) atoms. The van der Waals surface area contributed by atoms with E-state index in [4.69, 9.17) is 16.7 Å². The molecule has 0 aliphatic carbocycles. The summed E-state index contributed by atoms with van der Waals surface area (Å²) in [5, 5.41) is 8.81. The quantitative estimate of drug-likeness (QED) is 0.899. The summed E-state index contributed by atoms with van der Waals surface area (Å²) in [5.41, 5.74) is -0.353. The largest absolute Gasteiger partial charge is 0.395 e. The second-order valence-corrected chi connectivity index (χ2v) is 3.93. The van der Waals surface area contributed by atoms with Gasteiger partial charge in [0.1, 0.15) is 5.82 Å². The number of aliphatic hydroxyl groups is 1. The highest BCUT2D eigenvalue weighted by atomic mass is 35.5. The molecule has 0 aliphatic heterocycles. The Balaban J connectivity index is 2.94. The topological polar surface area (TPSA) is 40.5 Å². The molecule has 0 spiro atoms. The van der Waals surface area contributed by atoms with Gasteiger partial charge >= 0.3 is 0 Å². The first-order valence-electron chi connectivity index (χ1n) is 5.09. The number of halogens is 4. The molecule has 7 heteroatoms. The molecule has 1 rings (SSSR count). The standard InChI is InChI=1S/C11H11ClF3NO2/c12-7-1-2-8(9(13)5-7)11(18)16(3-4-17)6-10(14)15/h1-2,5,10,17H,3-4,6H2. The Hall–Kier alpha value is -1.27. The summed E-state index contributed by atoms with van der Waals surface area (Å²) in [6.45, 7) is -1.62. The summed E-state index contributed by atoms with van der Waals surface area (Å²) in [5.74, 6) is -1.79. The molecular weight excluding hydrogens is 271 g/mol. The summed E-state index contributed by atoms with van der Waals surface area (Å²) in [6, 6.07) is 3.33. The average molecular weight is 282 g/mol. The van der Waals surface area contributed by atoms with E-state index >= 15 is 0 Å². The van der Waals surface area contributed by atoms with Crippen molar-refractivity contribution in [2.75, 3.05) is 19.7 Å². The third-order valence-corrected chi connectivity index (χ3v) is 2.41. The molecule has 0 fully saturated rings. The minimum absolute atomic E-state index is 0.103. The SMILES string of the molecule is O=C(c1ccc(Cl)cc1F)N(CCO)CC(F)F. The molecular formula is C11H11ClF3NO2. The molecule has 0 atom stereocenters. The first kappa shape index (κ1) is 14.8. The lowest BCUT2D eigenvalue weighted by atomic mass is 10.2. The Morgan fingerprint density at radius 1 is 1.44 bits per heavy atom. The fourth-order valence-electron chi connectivity index (χ4n) is 1.40. The first-order chi connectivity index (χ1) is 8.45. The maximum absolute atomic E-state index is 13.5. The van der Waals surface area contributed by atoms with Crippen LogP contribution in [0.5, 0.6) is 0 Å². The van der Waals surface area contributed by atoms with Gasteiger partial charge in [0, 0.05) is 11.6 Å². The van der Waals surface area contributed by atoms with Crippen molar-refractivity contribution in [1.82, 2.24) is 4.90 Å². The third kappa shape index (κ3) is 3.89. The molecule has 0 aliphatic rings. The Labute approximate surface area is 107 Å². The van der Waals surface area contributed by atoms with Crippen molar-refractivity contribution >= 4 is 17.5 Å². The number of aliphatic hydroxyl groups excluding tert-OH is 1. The number of alkyl halides is 2. The number of amides is 1. The fourth-order valence-corrected chi connectivity index (χ4v) is 1.56. The van der Waals surface area contributed by atoms with Crippen molar-refractivity contribution in [2.24, 2.45) is 0 Å². The Morgan fingerprint density at radius 3 is 2.61 bits per heavy atom. The van der Waals surface area contributed by atoms with E-state index in [9.17, 15) is 18.0 Å². The van der Waals surface area contributed by atoms with Crippen LogP contribution in [0.3, 0.4) is 0 Å². The van der Waals surface area contributed by atoms with Gasteiger partial charge in [0.25, 0.3) is 12.3 Å². The van der Waals surface area contributed by atoms with Crippen LogP contribution in [-0.2, 0) is 0 Å². The maximum Gasteiger partial charge on any atom is 0.257 e. The molecule has 0 saturated carbocycles. The highest BCUT2D eigenvalue weighted by molar-refractivity contribution is 6.30. The molecule has 100 valence electrons. The molecule has 1 amide bonds. The van der Waals surface area contributed by atoms with Crippen molar-refractivity contribution in [3.05, 3.63) is 34.6 Å². The van der Waals surface area contributed by atoms with E-state index in [1.54, 1.807) is 0 Å². The Morgan fingerprint density at radius 2 is 2.11 bits per heavy atom. The summed E-state index contributed by atoms with van der Waals surface area (Å²) >= 11 is 5.52. The number of carbonyl (C=O) groups excluding carboxylic acids is 1. The molecule has 0 saturated heterocycles. The number of nitrogens with zero attached hydrogens (tertiary/aromatic N) is 1. The average Bonchev–Trinajstić information content (AvgIpc) is 2.27. The van der Waals surface area contributed by atoms with E-state index in [-0.39, 0.29) is 17.1 Å². The predicted molar refractivity (Wildman–Crippen MR) is 60.4 cm³/mol. The Bertz CT molecular complexity index is 429. The number of carbonyl (C=O) groups is 1. The zero-order valence-corrected chi connectivity index (χ0v) is 10.0. The van der Waals surface area contributed by atoms with Crippen LogP contribution in [0.4, 0.5) is 13.2 Å². The van der Waals surface area contributed by atoms with Gasteiger partial charge in [-0.3, -0.25) is 4.79 Å². The third-order valence-electron chi connectivity index (χ3n) is 2.18. The van der Waals surface area contributed by atoms with Gasteiger partial charge in [0.2, 0.25) is 0 Å². The molecule has 1 aromatic rings. The summed E-state index contributed by atoms with van der Waals surface area (Å²) in [6.07, 6.45) is -2.75. The van der Waals surface area contributed by atoms with Crippen molar-refractivity contribution in [2.45, 2.75) is 6.43 Å². The molecule has 3 nitrogen and oxygen atoms in total. The van der Waals surface area contributed by atoms with Gasteiger partial charge in [-0.05, 0) is 18.2 Å². The van der Waals surface area contributed by atoms with Crippen LogP contribution in [0.1, 0.15) is 10.4 Å². The zero-order valence-electron chi connectivity index (χ0n) is 9.25. The van der Waals surface area contributed by atoms with Gasteiger partial charge in [0.05, 0.1) is 18.7 Å². The van der Waals surface area contributed by atoms with E-state index < -0.39 is 31.3 Å². The summed E-state index contributed by atoms with van der Waals surface area (Å²) in [4.78, 5) is 12.5. The van der Waals surface area contributed by atoms with E-state index in [1.807, 2.05) is 0 Å². The smallest absolute Gasteiger partial charge is 0.257 e. The van der Waals surface area contributed by atoms with E-state index in [1.165, 1.54) is 6.07 Å². The number of rotatable bonds is 5. The fraction of sp³-hybridized carbons (Fsp3) is 0.364. The minimum Gasteiger partial charge on any atom is -0.395 e. The zero-order chi connectivity index (χ0) is 13.7. The van der Waals surface area contributed by atoms with E-state index in [2.05, 4.69) is 0 Å². The Kier molecular flexibility index (Phi) is 5.43. The van der Waals surface area contributed by atoms with Gasteiger partial charge < -0.3 is 10.0 Å². The maximum atomic E-state index is 13.5. The number of hydrogen-bond acceptors (Lipinski definition) is 2. The van der Waals surface area contributed by atoms with Crippen molar-refractivity contribution < 1.29 is 23.1 Å². The van der Waals surface area contributed by atoms with Gasteiger partial charge in [-0.15, -0.1) is 0 Å². The van der Waals surface area contributed by atoms with Crippen LogP contribution in [0.15, 0.2) is 18.2 Å². The van der Waals surface area contributed by atoms with Crippen molar-refractivity contribution in [3.63, 3.8) is 0 Å². The molecule has 0 radical (unpaired) electrons. The van der Waals surface area contributed by atoms with Gasteiger partial charge in [-0.25, -0.2) is 13.2 Å². The summed E-state index contributed by atoms with van der Waals surface area (Å²) in [7, 11) is 0. The lowest BCUT2D eigenvalue weighted by Gasteiger charge is -2.21. The van der Waals surface area contributed by atoms with E-state index in [0.717, 1.165) is 12.1 Å². The molecule has 0 heterocycles. The van der Waals surface area contributed by atoms with Gasteiger partial charge in [0.15, 0.2) is 0 Å². The lowest BCUT2D eigenvalue weighted by molar-refractivity contribution is 0.0505. The molecule has 0 bridgehead atoms. The van der Waals surface area contributed by atoms with Crippen LogP contribution in [-0.4, -0.2) is 42.0 Å². The lowest BCUT2D eigenvalue weighted by Crippen LogP contribution is -2.37. The second kappa shape index (κ2) is 6.61. The number of benzene rings is 1. The molecule has 1 aromatic carbocycles. The highest BCUT2D eigenvalue weighted by Gasteiger charge is 2.21. The normalized spacial score (nSPS) is 10.8. The molecule has 0 aromatic heterocycles. The molecule has 0 unspecified atom stereocenters. The summed E-state index contributed by atoms with van der Waals surface area (Å²) < 4.78 is 38.0. The van der Waals surface area contributed by atoms with Crippen LogP contribution >= 0.6 is 11.6 Å². The van der Waals surface area contributed by atoms with Crippen LogP contribution in [0, 0.1) is 5.82 Å².